The molecule has 0 unspecified atom stereocenters. The molecule has 0 spiro atoms. The zero-order valence-corrected chi connectivity index (χ0v) is 14.6. The van der Waals surface area contributed by atoms with Crippen molar-refractivity contribution in [2.24, 2.45) is 0 Å². The summed E-state index contributed by atoms with van der Waals surface area (Å²) in [6.07, 6.45) is 5.33. The van der Waals surface area contributed by atoms with Crippen LogP contribution in [-0.2, 0) is 11.2 Å². The van der Waals surface area contributed by atoms with Gasteiger partial charge in [0, 0.05) is 30.4 Å². The molecule has 0 saturated heterocycles. The molecular formula is C17H26N4O2. The van der Waals surface area contributed by atoms with Crippen LogP contribution in [0.15, 0.2) is 16.9 Å². The number of nitrogens with zero attached hydrogens (tertiary/aromatic N) is 3. The Balaban J connectivity index is 1.84. The van der Waals surface area contributed by atoms with Gasteiger partial charge >= 0.3 is 0 Å². The van der Waals surface area contributed by atoms with Gasteiger partial charge in [0.15, 0.2) is 0 Å². The van der Waals surface area contributed by atoms with Gasteiger partial charge in [0.25, 0.3) is 0 Å². The molecule has 6 heteroatoms. The van der Waals surface area contributed by atoms with Gasteiger partial charge in [-0.05, 0) is 33.6 Å². The lowest BCUT2D eigenvalue weighted by Crippen LogP contribution is -2.32. The number of hydrogen-bond acceptors (Lipinski definition) is 4. The maximum atomic E-state index is 12.3. The maximum absolute atomic E-state index is 12.3. The minimum absolute atomic E-state index is 0.0173. The maximum Gasteiger partial charge on any atom is 0.242 e. The Morgan fingerprint density at radius 3 is 2.70 bits per heavy atom. The molecule has 2 aromatic rings. The third-order valence-electron chi connectivity index (χ3n) is 4.10. The van der Waals surface area contributed by atoms with Gasteiger partial charge in [-0.3, -0.25) is 4.79 Å². The van der Waals surface area contributed by atoms with Crippen LogP contribution in [0.25, 0.3) is 0 Å². The van der Waals surface area contributed by atoms with Crippen molar-refractivity contribution < 1.29 is 9.32 Å². The van der Waals surface area contributed by atoms with Crippen molar-refractivity contribution in [1.29, 1.82) is 0 Å². The summed E-state index contributed by atoms with van der Waals surface area (Å²) in [4.78, 5) is 16.7. The number of rotatable bonds is 7. The fraction of sp³-hybridized carbons (Fsp3) is 0.588. The zero-order chi connectivity index (χ0) is 17.0. The van der Waals surface area contributed by atoms with Crippen molar-refractivity contribution in [3.05, 3.63) is 35.2 Å². The number of carbonyl (C=O) groups excluding carboxylic acids is 1. The van der Waals surface area contributed by atoms with E-state index in [0.717, 1.165) is 35.7 Å². The topological polar surface area (TPSA) is 73.0 Å². The predicted octanol–water partition coefficient (Wildman–Crippen LogP) is 2.92. The smallest absolute Gasteiger partial charge is 0.242 e. The van der Waals surface area contributed by atoms with E-state index in [1.54, 1.807) is 6.20 Å². The Kier molecular flexibility index (Phi) is 5.58. The fourth-order valence-corrected chi connectivity index (χ4v) is 2.71. The van der Waals surface area contributed by atoms with Crippen LogP contribution < -0.4 is 5.32 Å². The summed E-state index contributed by atoms with van der Waals surface area (Å²) in [7, 11) is 0. The first-order valence-electron chi connectivity index (χ1n) is 8.14. The van der Waals surface area contributed by atoms with E-state index >= 15 is 0 Å². The molecule has 2 heterocycles. The molecule has 1 N–H and O–H groups in total. The summed E-state index contributed by atoms with van der Waals surface area (Å²) in [5.41, 5.74) is 2.08. The number of imidazole rings is 1. The summed E-state index contributed by atoms with van der Waals surface area (Å²) < 4.78 is 7.09. The van der Waals surface area contributed by atoms with Crippen LogP contribution >= 0.6 is 0 Å². The van der Waals surface area contributed by atoms with Gasteiger partial charge in [-0.1, -0.05) is 19.0 Å². The van der Waals surface area contributed by atoms with Gasteiger partial charge in [0.2, 0.25) is 5.91 Å². The van der Waals surface area contributed by atoms with Crippen LogP contribution in [-0.4, -0.2) is 27.2 Å². The van der Waals surface area contributed by atoms with E-state index in [1.165, 1.54) is 0 Å². The number of carbonyl (C=O) groups is 1. The summed E-state index contributed by atoms with van der Waals surface area (Å²) in [6, 6.07) is -0.256. The van der Waals surface area contributed by atoms with Crippen LogP contribution in [0, 0.1) is 13.8 Å². The first kappa shape index (κ1) is 17.2. The molecule has 0 aromatic carbocycles. The Morgan fingerprint density at radius 1 is 1.35 bits per heavy atom. The average Bonchev–Trinajstić information content (AvgIpc) is 3.11. The molecule has 2 rings (SSSR count). The molecule has 6 nitrogen and oxygen atoms in total. The molecule has 1 amide bonds. The Morgan fingerprint density at radius 2 is 2.09 bits per heavy atom. The van der Waals surface area contributed by atoms with Crippen molar-refractivity contribution in [2.75, 3.05) is 6.54 Å². The van der Waals surface area contributed by atoms with E-state index < -0.39 is 0 Å². The molecule has 1 atom stereocenters. The SMILES string of the molecule is Cc1noc(C)c1CCCNC(=O)[C@H](C)n1ccnc1C(C)C. The third kappa shape index (κ3) is 4.00. The van der Waals surface area contributed by atoms with Gasteiger partial charge in [-0.15, -0.1) is 0 Å². The number of hydrogen-bond donors (Lipinski definition) is 1. The highest BCUT2D eigenvalue weighted by molar-refractivity contribution is 5.79. The molecule has 0 aliphatic rings. The highest BCUT2D eigenvalue weighted by Gasteiger charge is 2.18. The quantitative estimate of drug-likeness (QED) is 0.797. The Bertz CT molecular complexity index is 638. The van der Waals surface area contributed by atoms with E-state index in [9.17, 15) is 4.79 Å². The second-order valence-corrected chi connectivity index (χ2v) is 6.22. The van der Waals surface area contributed by atoms with Crippen LogP contribution in [0.4, 0.5) is 0 Å². The predicted molar refractivity (Wildman–Crippen MR) is 88.3 cm³/mol. The normalized spacial score (nSPS) is 12.6. The fourth-order valence-electron chi connectivity index (χ4n) is 2.71. The van der Waals surface area contributed by atoms with Crippen molar-refractivity contribution in [2.45, 2.75) is 59.4 Å². The van der Waals surface area contributed by atoms with Crippen molar-refractivity contribution in [1.82, 2.24) is 20.0 Å². The first-order chi connectivity index (χ1) is 10.9. The molecule has 2 aromatic heterocycles. The van der Waals surface area contributed by atoms with E-state index in [2.05, 4.69) is 29.3 Å². The largest absolute Gasteiger partial charge is 0.361 e. The zero-order valence-electron chi connectivity index (χ0n) is 14.6. The van der Waals surface area contributed by atoms with Gasteiger partial charge in [0.1, 0.15) is 17.6 Å². The average molecular weight is 318 g/mol. The second-order valence-electron chi connectivity index (χ2n) is 6.22. The molecular weight excluding hydrogens is 292 g/mol. The van der Waals surface area contributed by atoms with Gasteiger partial charge in [0.05, 0.1) is 5.69 Å². The summed E-state index contributed by atoms with van der Waals surface area (Å²) in [6.45, 7) is 10.6. The first-order valence-corrected chi connectivity index (χ1v) is 8.14. The number of aryl methyl sites for hydroxylation is 2. The molecule has 126 valence electrons. The number of aromatic nitrogens is 3. The molecule has 0 radical (unpaired) electrons. The lowest BCUT2D eigenvalue weighted by molar-refractivity contribution is -0.123. The van der Waals surface area contributed by atoms with E-state index in [-0.39, 0.29) is 11.9 Å². The van der Waals surface area contributed by atoms with Crippen LogP contribution in [0.2, 0.25) is 0 Å². The van der Waals surface area contributed by atoms with E-state index in [0.29, 0.717) is 12.5 Å². The second kappa shape index (κ2) is 7.44. The summed E-state index contributed by atoms with van der Waals surface area (Å²) >= 11 is 0. The summed E-state index contributed by atoms with van der Waals surface area (Å²) in [5, 5.41) is 6.95. The van der Waals surface area contributed by atoms with Gasteiger partial charge in [-0.25, -0.2) is 4.98 Å². The third-order valence-corrected chi connectivity index (χ3v) is 4.10. The van der Waals surface area contributed by atoms with Crippen LogP contribution in [0.3, 0.4) is 0 Å². The van der Waals surface area contributed by atoms with Crippen LogP contribution in [0.1, 0.15) is 62.0 Å². The molecule has 0 fully saturated rings. The molecule has 23 heavy (non-hydrogen) atoms. The van der Waals surface area contributed by atoms with E-state index in [4.69, 9.17) is 4.52 Å². The molecule has 0 saturated carbocycles. The standard InChI is InChI=1S/C17H26N4O2/c1-11(2)16-18-9-10-21(16)13(4)17(22)19-8-6-7-15-12(3)20-23-14(15)5/h9-11,13H,6-8H2,1-5H3,(H,19,22)/t13-/m0/s1. The minimum Gasteiger partial charge on any atom is -0.361 e. The van der Waals surface area contributed by atoms with Gasteiger partial charge in [-0.2, -0.15) is 0 Å². The monoisotopic (exact) mass is 318 g/mol. The number of amides is 1. The van der Waals surface area contributed by atoms with Gasteiger partial charge < -0.3 is 14.4 Å². The van der Waals surface area contributed by atoms with Crippen LogP contribution in [0.5, 0.6) is 0 Å². The summed E-state index contributed by atoms with van der Waals surface area (Å²) in [5.74, 6) is 2.11. The Labute approximate surface area is 137 Å². The lowest BCUT2D eigenvalue weighted by atomic mass is 10.1. The van der Waals surface area contributed by atoms with E-state index in [1.807, 2.05) is 31.5 Å². The van der Waals surface area contributed by atoms with Crippen molar-refractivity contribution in [3.63, 3.8) is 0 Å². The molecule has 0 aliphatic carbocycles. The van der Waals surface area contributed by atoms with Crippen molar-refractivity contribution >= 4 is 5.91 Å². The van der Waals surface area contributed by atoms with Crippen molar-refractivity contribution in [3.8, 4) is 0 Å². The minimum atomic E-state index is -0.256. The number of nitrogens with one attached hydrogen (secondary N) is 1. The molecule has 0 bridgehead atoms. The molecule has 0 aliphatic heterocycles. The lowest BCUT2D eigenvalue weighted by Gasteiger charge is -2.17. The Hall–Kier alpha value is -2.11. The highest BCUT2D eigenvalue weighted by Crippen LogP contribution is 2.17. The highest BCUT2D eigenvalue weighted by atomic mass is 16.5.